The second-order valence-corrected chi connectivity index (χ2v) is 5.16. The minimum absolute atomic E-state index is 0.246. The first-order valence-corrected chi connectivity index (χ1v) is 7.09. The van der Waals surface area contributed by atoms with E-state index in [1.807, 2.05) is 6.92 Å². The minimum Gasteiger partial charge on any atom is -0.464 e. The molecule has 20 heavy (non-hydrogen) atoms. The van der Waals surface area contributed by atoms with Crippen molar-refractivity contribution in [1.82, 2.24) is 4.98 Å². The Balaban J connectivity index is 2.27. The summed E-state index contributed by atoms with van der Waals surface area (Å²) in [5, 5.41) is 5.46. The van der Waals surface area contributed by atoms with Gasteiger partial charge in [-0.15, -0.1) is 11.3 Å². The molecule has 0 radical (unpaired) electrons. The molecule has 0 amide bonds. The number of nitrogens with one attached hydrogen (secondary N) is 1. The molecular weight excluding hydrogens is 279 g/mol. The molecule has 106 valence electrons. The van der Waals surface area contributed by atoms with Crippen LogP contribution in [0.3, 0.4) is 0 Å². The van der Waals surface area contributed by atoms with Gasteiger partial charge < -0.3 is 10.1 Å². The summed E-state index contributed by atoms with van der Waals surface area (Å²) in [6, 6.07) is 5.38. The molecule has 2 aromatic rings. The van der Waals surface area contributed by atoms with Crippen LogP contribution < -0.4 is 5.32 Å². The van der Waals surface area contributed by atoms with Crippen molar-refractivity contribution in [3.05, 3.63) is 46.2 Å². The Morgan fingerprint density at radius 2 is 2.25 bits per heavy atom. The number of rotatable bonds is 5. The maximum atomic E-state index is 13.7. The molecule has 1 aromatic heterocycles. The van der Waals surface area contributed by atoms with Crippen LogP contribution in [0.1, 0.15) is 23.7 Å². The predicted octanol–water partition coefficient (Wildman–Crippen LogP) is 3.31. The van der Waals surface area contributed by atoms with E-state index in [1.54, 1.807) is 30.5 Å². The topological polar surface area (TPSA) is 51.2 Å². The molecule has 1 N–H and O–H groups in total. The van der Waals surface area contributed by atoms with Gasteiger partial charge in [-0.1, -0.05) is 12.1 Å². The Labute approximate surface area is 120 Å². The molecule has 6 heteroatoms. The zero-order valence-electron chi connectivity index (χ0n) is 11.2. The fourth-order valence-electron chi connectivity index (χ4n) is 1.73. The van der Waals surface area contributed by atoms with Crippen molar-refractivity contribution in [3.8, 4) is 0 Å². The standard InChI is InChI=1S/C14H15FN2O2S/c1-3-19-14(18)13(12-8-20-9(2)16-12)17-11-7-5-4-6-10(11)15/h4-8,13,17H,3H2,1-2H3. The van der Waals surface area contributed by atoms with Gasteiger partial charge in [0, 0.05) is 5.38 Å². The van der Waals surface area contributed by atoms with Crippen molar-refractivity contribution in [2.45, 2.75) is 19.9 Å². The smallest absolute Gasteiger partial charge is 0.334 e. The number of carbonyl (C=O) groups is 1. The first-order valence-electron chi connectivity index (χ1n) is 6.21. The van der Waals surface area contributed by atoms with Crippen molar-refractivity contribution in [3.63, 3.8) is 0 Å². The molecular formula is C14H15FN2O2S. The highest BCUT2D eigenvalue weighted by molar-refractivity contribution is 7.09. The molecule has 2 rings (SSSR count). The minimum atomic E-state index is -0.809. The van der Waals surface area contributed by atoms with E-state index in [0.29, 0.717) is 5.69 Å². The van der Waals surface area contributed by atoms with E-state index in [4.69, 9.17) is 4.74 Å². The van der Waals surface area contributed by atoms with Crippen LogP contribution in [0.2, 0.25) is 0 Å². The molecule has 0 aliphatic carbocycles. The van der Waals surface area contributed by atoms with Gasteiger partial charge in [0.1, 0.15) is 5.82 Å². The van der Waals surface area contributed by atoms with Gasteiger partial charge >= 0.3 is 5.97 Å². The molecule has 1 unspecified atom stereocenters. The number of para-hydroxylation sites is 1. The van der Waals surface area contributed by atoms with E-state index in [1.165, 1.54) is 17.4 Å². The summed E-state index contributed by atoms with van der Waals surface area (Å²) in [6.45, 7) is 3.83. The number of nitrogens with zero attached hydrogens (tertiary/aromatic N) is 1. The maximum absolute atomic E-state index is 13.7. The molecule has 0 bridgehead atoms. The maximum Gasteiger partial charge on any atom is 0.334 e. The van der Waals surface area contributed by atoms with E-state index < -0.39 is 17.8 Å². The Morgan fingerprint density at radius 1 is 1.50 bits per heavy atom. The molecule has 1 atom stereocenters. The number of esters is 1. The Hall–Kier alpha value is -1.95. The number of hydrogen-bond donors (Lipinski definition) is 1. The zero-order chi connectivity index (χ0) is 14.5. The molecule has 4 nitrogen and oxygen atoms in total. The number of aromatic nitrogens is 1. The van der Waals surface area contributed by atoms with Gasteiger partial charge in [0.2, 0.25) is 0 Å². The quantitative estimate of drug-likeness (QED) is 0.860. The lowest BCUT2D eigenvalue weighted by atomic mass is 10.2. The van der Waals surface area contributed by atoms with Crippen molar-refractivity contribution < 1.29 is 13.9 Å². The van der Waals surface area contributed by atoms with E-state index in [0.717, 1.165) is 5.01 Å². The summed E-state index contributed by atoms with van der Waals surface area (Å²) in [7, 11) is 0. The second kappa shape index (κ2) is 6.47. The zero-order valence-corrected chi connectivity index (χ0v) is 12.0. The third-order valence-electron chi connectivity index (χ3n) is 2.63. The predicted molar refractivity (Wildman–Crippen MR) is 76.2 cm³/mol. The molecule has 1 aromatic carbocycles. The number of ether oxygens (including phenoxy) is 1. The average Bonchev–Trinajstić information content (AvgIpc) is 2.84. The van der Waals surface area contributed by atoms with Crippen LogP contribution in [0.25, 0.3) is 0 Å². The lowest BCUT2D eigenvalue weighted by molar-refractivity contribution is -0.144. The fourth-order valence-corrected chi connectivity index (χ4v) is 2.36. The van der Waals surface area contributed by atoms with Crippen LogP contribution in [0, 0.1) is 12.7 Å². The molecule has 1 heterocycles. The summed E-state index contributed by atoms with van der Waals surface area (Å²) in [5.74, 6) is -0.894. The molecule has 0 aliphatic heterocycles. The van der Waals surface area contributed by atoms with Gasteiger partial charge in [-0.05, 0) is 26.0 Å². The van der Waals surface area contributed by atoms with Gasteiger partial charge in [0.15, 0.2) is 6.04 Å². The SMILES string of the molecule is CCOC(=O)C(Nc1ccccc1F)c1csc(C)n1. The van der Waals surface area contributed by atoms with Gasteiger partial charge in [0.05, 0.1) is 23.0 Å². The first kappa shape index (κ1) is 14.5. The number of carbonyl (C=O) groups excluding carboxylic acids is 1. The van der Waals surface area contributed by atoms with Gasteiger partial charge in [-0.2, -0.15) is 0 Å². The number of anilines is 1. The lowest BCUT2D eigenvalue weighted by Gasteiger charge is -2.17. The monoisotopic (exact) mass is 294 g/mol. The Bertz CT molecular complexity index is 600. The summed E-state index contributed by atoms with van der Waals surface area (Å²) in [4.78, 5) is 16.3. The summed E-state index contributed by atoms with van der Waals surface area (Å²) in [6.07, 6.45) is 0. The third-order valence-corrected chi connectivity index (χ3v) is 3.42. The molecule has 0 spiro atoms. The van der Waals surface area contributed by atoms with E-state index in [9.17, 15) is 9.18 Å². The first-order chi connectivity index (χ1) is 9.61. The van der Waals surface area contributed by atoms with Crippen molar-refractivity contribution in [2.75, 3.05) is 11.9 Å². The van der Waals surface area contributed by atoms with Crippen molar-refractivity contribution in [1.29, 1.82) is 0 Å². The van der Waals surface area contributed by atoms with Crippen LogP contribution in [-0.4, -0.2) is 17.6 Å². The highest BCUT2D eigenvalue weighted by atomic mass is 32.1. The normalized spacial score (nSPS) is 11.9. The van der Waals surface area contributed by atoms with Gasteiger partial charge in [-0.3, -0.25) is 0 Å². The van der Waals surface area contributed by atoms with Crippen LogP contribution in [0.5, 0.6) is 0 Å². The molecule has 0 saturated carbocycles. The second-order valence-electron chi connectivity index (χ2n) is 4.10. The van der Waals surface area contributed by atoms with Crippen LogP contribution in [0.4, 0.5) is 10.1 Å². The third kappa shape index (κ3) is 3.33. The largest absolute Gasteiger partial charge is 0.464 e. The Kier molecular flexibility index (Phi) is 4.68. The number of thiazole rings is 1. The highest BCUT2D eigenvalue weighted by Crippen LogP contribution is 2.24. The van der Waals surface area contributed by atoms with Crippen LogP contribution >= 0.6 is 11.3 Å². The van der Waals surface area contributed by atoms with Gasteiger partial charge in [0.25, 0.3) is 0 Å². The van der Waals surface area contributed by atoms with E-state index in [-0.39, 0.29) is 12.3 Å². The molecule has 0 fully saturated rings. The Morgan fingerprint density at radius 3 is 2.85 bits per heavy atom. The number of halogens is 1. The van der Waals surface area contributed by atoms with Crippen molar-refractivity contribution >= 4 is 23.0 Å². The fraction of sp³-hybridized carbons (Fsp3) is 0.286. The molecule has 0 aliphatic rings. The average molecular weight is 294 g/mol. The molecule has 0 saturated heterocycles. The highest BCUT2D eigenvalue weighted by Gasteiger charge is 2.25. The lowest BCUT2D eigenvalue weighted by Crippen LogP contribution is -2.24. The van der Waals surface area contributed by atoms with E-state index in [2.05, 4.69) is 10.3 Å². The van der Waals surface area contributed by atoms with Crippen LogP contribution in [-0.2, 0) is 9.53 Å². The summed E-state index contributed by atoms with van der Waals surface area (Å²) in [5.41, 5.74) is 0.783. The van der Waals surface area contributed by atoms with Gasteiger partial charge in [-0.25, -0.2) is 14.2 Å². The van der Waals surface area contributed by atoms with Crippen LogP contribution in [0.15, 0.2) is 29.6 Å². The van der Waals surface area contributed by atoms with Crippen molar-refractivity contribution in [2.24, 2.45) is 0 Å². The number of benzene rings is 1. The van der Waals surface area contributed by atoms with E-state index >= 15 is 0 Å². The number of hydrogen-bond acceptors (Lipinski definition) is 5. The summed E-state index contributed by atoms with van der Waals surface area (Å²) < 4.78 is 18.7. The summed E-state index contributed by atoms with van der Waals surface area (Å²) >= 11 is 1.43. The number of aryl methyl sites for hydroxylation is 1.